The molecule has 0 aliphatic heterocycles. The fraction of sp³-hybridized carbons (Fsp3) is 0.308. The summed E-state index contributed by atoms with van der Waals surface area (Å²) in [5, 5.41) is 7.89. The van der Waals surface area contributed by atoms with E-state index in [1.165, 1.54) is 97.4 Å². The van der Waals surface area contributed by atoms with Gasteiger partial charge in [-0.05, 0) is 129 Å². The van der Waals surface area contributed by atoms with Crippen LogP contribution in [0.15, 0.2) is 109 Å². The van der Waals surface area contributed by atoms with Crippen LogP contribution in [0.4, 0.5) is 0 Å². The van der Waals surface area contributed by atoms with Crippen molar-refractivity contribution in [2.45, 2.75) is 105 Å². The maximum absolute atomic E-state index is 2.49. The van der Waals surface area contributed by atoms with Crippen molar-refractivity contribution in [2.75, 3.05) is 0 Å². The summed E-state index contributed by atoms with van der Waals surface area (Å²) in [6.07, 6.45) is 0. The molecular weight excluding hydrogens is 685 g/mol. The third kappa shape index (κ3) is 5.81. The fourth-order valence-corrected chi connectivity index (χ4v) is 9.57. The summed E-state index contributed by atoms with van der Waals surface area (Å²) in [7, 11) is 0. The predicted octanol–water partition coefficient (Wildman–Crippen LogP) is 15.4. The zero-order valence-corrected chi connectivity index (χ0v) is 35.5. The van der Waals surface area contributed by atoms with Crippen LogP contribution in [-0.2, 0) is 21.7 Å². The third-order valence-electron chi connectivity index (χ3n) is 11.9. The number of nitrogens with zero attached hydrogens (tertiary/aromatic N) is 2. The number of benzene rings is 6. The van der Waals surface area contributed by atoms with E-state index in [9.17, 15) is 0 Å². The van der Waals surface area contributed by atoms with Crippen molar-refractivity contribution in [3.63, 3.8) is 0 Å². The van der Waals surface area contributed by atoms with Crippen LogP contribution in [0.3, 0.4) is 0 Å². The summed E-state index contributed by atoms with van der Waals surface area (Å²) >= 11 is 1.89. The lowest BCUT2D eigenvalue weighted by molar-refractivity contribution is 0.590. The summed E-state index contributed by atoms with van der Waals surface area (Å²) in [6, 6.07) is 42.6. The van der Waals surface area contributed by atoms with Gasteiger partial charge >= 0.3 is 0 Å². The molecule has 9 aromatic rings. The fourth-order valence-electron chi connectivity index (χ4n) is 8.50. The minimum atomic E-state index is 0.0661. The highest BCUT2D eigenvalue weighted by molar-refractivity contribution is 7.25. The van der Waals surface area contributed by atoms with Gasteiger partial charge in [-0.2, -0.15) is 0 Å². The Morgan fingerprint density at radius 1 is 0.309 bits per heavy atom. The van der Waals surface area contributed by atoms with E-state index in [1.54, 1.807) is 0 Å². The van der Waals surface area contributed by atoms with Crippen LogP contribution in [0.25, 0.3) is 75.2 Å². The topological polar surface area (TPSA) is 9.86 Å². The molecule has 0 spiro atoms. The summed E-state index contributed by atoms with van der Waals surface area (Å²) in [4.78, 5) is 0. The Hall–Kier alpha value is -4.86. The van der Waals surface area contributed by atoms with Crippen LogP contribution in [-0.4, -0.2) is 9.13 Å². The molecule has 0 amide bonds. The highest BCUT2D eigenvalue weighted by Crippen LogP contribution is 2.43. The second-order valence-electron chi connectivity index (χ2n) is 20.1. The van der Waals surface area contributed by atoms with Crippen molar-refractivity contribution in [2.24, 2.45) is 0 Å². The van der Waals surface area contributed by atoms with Gasteiger partial charge in [-0.3, -0.25) is 0 Å². The van der Waals surface area contributed by atoms with Gasteiger partial charge in [-0.1, -0.05) is 107 Å². The number of thiophene rings is 1. The summed E-state index contributed by atoms with van der Waals surface area (Å²) < 4.78 is 7.60. The standard InChI is InChI=1S/C52H54N2S/c1-49(2,3)31-13-19-43-37(25-31)38-26-32(50(4,5)6)14-20-44(38)53(43)35-17-23-47-41(29-35)42-30-36(18-24-48(42)55-47)54-45-21-15-33(51(7,8)9)27-39(45)40-28-34(52(10,11)12)16-22-46(40)54/h13-30H,1-12H3. The van der Waals surface area contributed by atoms with Gasteiger partial charge in [-0.15, -0.1) is 11.3 Å². The Bertz CT molecular complexity index is 2660. The molecule has 0 saturated heterocycles. The lowest BCUT2D eigenvalue weighted by Gasteiger charge is -2.19. The molecule has 0 aliphatic carbocycles. The zero-order chi connectivity index (χ0) is 39.0. The Kier molecular flexibility index (Phi) is 7.70. The van der Waals surface area contributed by atoms with Crippen molar-refractivity contribution in [1.29, 1.82) is 0 Å². The first kappa shape index (κ1) is 35.8. The average Bonchev–Trinajstić information content (AvgIpc) is 3.75. The van der Waals surface area contributed by atoms with E-state index in [-0.39, 0.29) is 21.7 Å². The van der Waals surface area contributed by atoms with Crippen LogP contribution in [0.1, 0.15) is 105 Å². The molecular formula is C52H54N2S. The second-order valence-corrected chi connectivity index (χ2v) is 21.1. The van der Waals surface area contributed by atoms with Crippen LogP contribution in [0, 0.1) is 0 Å². The Balaban J connectivity index is 1.27. The first-order valence-electron chi connectivity index (χ1n) is 19.9. The molecule has 0 bridgehead atoms. The van der Waals surface area contributed by atoms with Crippen LogP contribution in [0.5, 0.6) is 0 Å². The predicted molar refractivity (Wildman–Crippen MR) is 243 cm³/mol. The maximum Gasteiger partial charge on any atom is 0.0541 e. The van der Waals surface area contributed by atoms with Crippen molar-refractivity contribution in [3.8, 4) is 11.4 Å². The molecule has 0 atom stereocenters. The quantitative estimate of drug-likeness (QED) is 0.167. The minimum Gasteiger partial charge on any atom is -0.309 e. The van der Waals surface area contributed by atoms with Crippen molar-refractivity contribution < 1.29 is 0 Å². The van der Waals surface area contributed by atoms with E-state index in [0.29, 0.717) is 0 Å². The molecule has 0 N–H and O–H groups in total. The number of hydrogen-bond acceptors (Lipinski definition) is 1. The van der Waals surface area contributed by atoms with E-state index < -0.39 is 0 Å². The molecule has 6 aromatic carbocycles. The van der Waals surface area contributed by atoms with Gasteiger partial charge in [0.1, 0.15) is 0 Å². The Morgan fingerprint density at radius 2 is 0.582 bits per heavy atom. The monoisotopic (exact) mass is 738 g/mol. The zero-order valence-electron chi connectivity index (χ0n) is 34.7. The molecule has 0 saturated carbocycles. The van der Waals surface area contributed by atoms with Crippen molar-refractivity contribution in [1.82, 2.24) is 9.13 Å². The highest BCUT2D eigenvalue weighted by Gasteiger charge is 2.23. The van der Waals surface area contributed by atoms with Gasteiger partial charge in [0.15, 0.2) is 0 Å². The molecule has 9 rings (SSSR count). The number of aromatic nitrogens is 2. The second kappa shape index (κ2) is 11.8. The van der Waals surface area contributed by atoms with Gasteiger partial charge in [0.25, 0.3) is 0 Å². The molecule has 0 unspecified atom stereocenters. The molecule has 3 heteroatoms. The molecule has 3 heterocycles. The summed E-state index contributed by atoms with van der Waals surface area (Å²) in [6.45, 7) is 27.7. The van der Waals surface area contributed by atoms with Crippen LogP contribution in [0.2, 0.25) is 0 Å². The Morgan fingerprint density at radius 3 is 0.836 bits per heavy atom. The Labute approximate surface area is 330 Å². The number of fused-ring (bicyclic) bond motifs is 9. The summed E-state index contributed by atoms with van der Waals surface area (Å²) in [5.74, 6) is 0. The largest absolute Gasteiger partial charge is 0.309 e. The van der Waals surface area contributed by atoms with Gasteiger partial charge in [-0.25, -0.2) is 0 Å². The summed E-state index contributed by atoms with van der Waals surface area (Å²) in [5.41, 5.74) is 13.1. The highest BCUT2D eigenvalue weighted by atomic mass is 32.1. The first-order valence-corrected chi connectivity index (χ1v) is 20.7. The minimum absolute atomic E-state index is 0.0661. The lowest BCUT2D eigenvalue weighted by Crippen LogP contribution is -2.10. The molecule has 55 heavy (non-hydrogen) atoms. The van der Waals surface area contributed by atoms with Gasteiger partial charge in [0.05, 0.1) is 22.1 Å². The van der Waals surface area contributed by atoms with E-state index in [0.717, 1.165) is 0 Å². The first-order chi connectivity index (χ1) is 25.8. The van der Waals surface area contributed by atoms with Gasteiger partial charge in [0, 0.05) is 53.1 Å². The normalized spacial score (nSPS) is 13.5. The van der Waals surface area contributed by atoms with E-state index in [1.807, 2.05) is 11.3 Å². The molecule has 278 valence electrons. The average molecular weight is 739 g/mol. The number of hydrogen-bond donors (Lipinski definition) is 0. The van der Waals surface area contributed by atoms with Crippen molar-refractivity contribution in [3.05, 3.63) is 131 Å². The van der Waals surface area contributed by atoms with Crippen LogP contribution < -0.4 is 0 Å². The van der Waals surface area contributed by atoms with Crippen LogP contribution >= 0.6 is 11.3 Å². The smallest absolute Gasteiger partial charge is 0.0541 e. The van der Waals surface area contributed by atoms with Gasteiger partial charge < -0.3 is 9.13 Å². The third-order valence-corrected chi connectivity index (χ3v) is 13.1. The SMILES string of the molecule is CC(C)(C)c1ccc2c(c1)c1cc(C(C)(C)C)ccc1n2-c1ccc2sc3ccc(-n4c5ccc(C(C)(C)C)cc5c5cc(C(C)(C)C)ccc54)cc3c2c1. The van der Waals surface area contributed by atoms with E-state index >= 15 is 0 Å². The molecule has 0 fully saturated rings. The molecule has 0 aliphatic rings. The molecule has 2 nitrogen and oxygen atoms in total. The maximum atomic E-state index is 2.49. The van der Waals surface area contributed by atoms with Gasteiger partial charge in [0.2, 0.25) is 0 Å². The number of rotatable bonds is 2. The lowest BCUT2D eigenvalue weighted by atomic mass is 9.85. The van der Waals surface area contributed by atoms with Crippen molar-refractivity contribution >= 4 is 75.1 Å². The molecule has 3 aromatic heterocycles. The molecule has 0 radical (unpaired) electrons. The van der Waals surface area contributed by atoms with E-state index in [2.05, 4.69) is 201 Å². The van der Waals surface area contributed by atoms with E-state index in [4.69, 9.17) is 0 Å².